The van der Waals surface area contributed by atoms with E-state index in [0.717, 1.165) is 30.6 Å². The summed E-state index contributed by atoms with van der Waals surface area (Å²) in [6.45, 7) is 0.289. The number of halogens is 1. The summed E-state index contributed by atoms with van der Waals surface area (Å²) < 4.78 is 14.2. The van der Waals surface area contributed by atoms with Crippen molar-refractivity contribution in [3.8, 4) is 0 Å². The van der Waals surface area contributed by atoms with E-state index < -0.39 is 50.7 Å². The molecule has 0 radical (unpaired) electrons. The van der Waals surface area contributed by atoms with E-state index >= 15 is 0 Å². The number of rotatable bonds is 6. The van der Waals surface area contributed by atoms with Gasteiger partial charge in [-0.05, 0) is 65.3 Å². The van der Waals surface area contributed by atoms with Crippen LogP contribution in [0.2, 0.25) is 0 Å². The van der Waals surface area contributed by atoms with Gasteiger partial charge in [-0.2, -0.15) is 0 Å². The fourth-order valence-electron chi connectivity index (χ4n) is 4.85. The summed E-state index contributed by atoms with van der Waals surface area (Å²) >= 11 is -0.456. The maximum absolute atomic E-state index is 13.2. The molecule has 178 valence electrons. The monoisotopic (exact) mass is 577 g/mol. The number of fused-ring (bicyclic) bond motifs is 1. The highest BCUT2D eigenvalue weighted by Gasteiger charge is 2.45. The predicted molar refractivity (Wildman–Crippen MR) is 129 cm³/mol. The molecule has 5 rings (SSSR count). The fourth-order valence-corrected chi connectivity index (χ4v) is 6.19. The minimum absolute atomic E-state index is 0.0784. The Morgan fingerprint density at radius 1 is 1.12 bits per heavy atom. The summed E-state index contributed by atoms with van der Waals surface area (Å²) in [4.78, 5) is 55.3. The quantitative estimate of drug-likeness (QED) is 0.271. The molecule has 1 aromatic heterocycles. The van der Waals surface area contributed by atoms with Crippen LogP contribution < -0.4 is 10.6 Å². The number of anilines is 1. The lowest BCUT2D eigenvalue weighted by atomic mass is 9.89. The zero-order valence-electron chi connectivity index (χ0n) is 18.3. The molecule has 1 unspecified atom stereocenters. The Labute approximate surface area is 205 Å². The molecule has 1 aliphatic carbocycles. The van der Waals surface area contributed by atoms with E-state index in [2.05, 4.69) is 15.6 Å². The third kappa shape index (κ3) is 4.17. The zero-order valence-corrected chi connectivity index (χ0v) is 20.5. The highest BCUT2D eigenvalue weighted by atomic mass is 127. The Kier molecular flexibility index (Phi) is 6.28. The topological polar surface area (TPSA) is 145 Å². The molecule has 3 aliphatic rings. The van der Waals surface area contributed by atoms with Gasteiger partial charge in [0.15, 0.2) is 5.89 Å². The van der Waals surface area contributed by atoms with Crippen LogP contribution in [0.15, 0.2) is 28.8 Å². The molecular formula is C23H24IN5O5. The molecule has 34 heavy (non-hydrogen) atoms. The van der Waals surface area contributed by atoms with Crippen molar-refractivity contribution in [1.29, 1.82) is 3.56 Å². The minimum atomic E-state index is -0.998. The van der Waals surface area contributed by atoms with Crippen molar-refractivity contribution < 1.29 is 23.6 Å². The summed E-state index contributed by atoms with van der Waals surface area (Å²) in [5, 5.41) is 5.38. The average molecular weight is 577 g/mol. The van der Waals surface area contributed by atoms with E-state index in [1.54, 1.807) is 24.4 Å². The molecular weight excluding hydrogens is 553 g/mol. The number of hydrogen-bond donors (Lipinski definition) is 3. The van der Waals surface area contributed by atoms with Gasteiger partial charge < -0.3 is 9.73 Å². The first kappa shape index (κ1) is 22.8. The van der Waals surface area contributed by atoms with Crippen LogP contribution in [0.5, 0.6) is 0 Å². The maximum Gasteiger partial charge on any atom is 0.264 e. The first-order valence-electron chi connectivity index (χ1n) is 11.3. The largest absolute Gasteiger partial charge is 0.444 e. The minimum Gasteiger partial charge on any atom is -0.444 e. The van der Waals surface area contributed by atoms with Gasteiger partial charge in [0.05, 0.1) is 23.9 Å². The molecule has 2 fully saturated rings. The third-order valence-corrected chi connectivity index (χ3v) is 8.78. The number of nitrogens with one attached hydrogen (secondary N) is 3. The first-order chi connectivity index (χ1) is 16.5. The second-order valence-electron chi connectivity index (χ2n) is 8.75. The number of hydrogen-bond acceptors (Lipinski definition) is 8. The summed E-state index contributed by atoms with van der Waals surface area (Å²) in [5.74, 6) is -0.502. The molecule has 2 aliphatic heterocycles. The molecule has 1 saturated heterocycles. The molecule has 11 heteroatoms. The number of aromatic nitrogens is 1. The standard InChI is InChI=1S/C23H24IN5O5/c25-24-13-6-4-12(5-7-13)21-27-11-14(34-21)10-26-16-3-1-2-15-19(16)23(33)29(22(15)32)17-8-9-18(30)28-20(17)31/h1-3,11-13,17,25-26H,4-10H2,(H,28,30,31). The molecule has 3 N–H and O–H groups in total. The van der Waals surface area contributed by atoms with Gasteiger partial charge in [0.2, 0.25) is 11.8 Å². The van der Waals surface area contributed by atoms with Gasteiger partial charge in [-0.15, -0.1) is 0 Å². The summed E-state index contributed by atoms with van der Waals surface area (Å²) in [5.41, 5.74) is 0.921. The SMILES string of the molecule is N=IC1CCC(c2ncc(CNc3cccc4c3C(=O)N(C3CCC(=O)NC3=O)C4=O)o2)CC1. The third-order valence-electron chi connectivity index (χ3n) is 6.65. The van der Waals surface area contributed by atoms with E-state index in [0.29, 0.717) is 21.3 Å². The Bertz CT molecular complexity index is 1190. The van der Waals surface area contributed by atoms with Crippen LogP contribution >= 0.6 is 21.0 Å². The highest BCUT2D eigenvalue weighted by Crippen LogP contribution is 2.37. The Balaban J connectivity index is 1.29. The number of oxazole rings is 1. The average Bonchev–Trinajstić information content (AvgIpc) is 3.42. The Morgan fingerprint density at radius 3 is 2.65 bits per heavy atom. The van der Waals surface area contributed by atoms with Crippen molar-refractivity contribution in [3.05, 3.63) is 47.2 Å². The van der Waals surface area contributed by atoms with Crippen molar-refractivity contribution >= 4 is 50.3 Å². The van der Waals surface area contributed by atoms with Crippen molar-refractivity contribution in [2.75, 3.05) is 5.32 Å². The second kappa shape index (κ2) is 9.35. The number of alkyl halides is 1. The number of carbonyl (C=O) groups is 4. The number of amides is 4. The van der Waals surface area contributed by atoms with E-state index in [9.17, 15) is 19.2 Å². The number of carbonyl (C=O) groups excluding carboxylic acids is 4. The molecule has 0 spiro atoms. The van der Waals surface area contributed by atoms with Crippen molar-refractivity contribution in [2.45, 2.75) is 61.0 Å². The normalized spacial score (nSPS) is 24.8. The van der Waals surface area contributed by atoms with Crippen molar-refractivity contribution in [3.63, 3.8) is 0 Å². The molecule has 1 atom stereocenters. The van der Waals surface area contributed by atoms with E-state index in [-0.39, 0.29) is 36.4 Å². The molecule has 4 amide bonds. The fraction of sp³-hybridized carbons (Fsp3) is 0.435. The summed E-state index contributed by atoms with van der Waals surface area (Å²) in [6, 6.07) is 3.95. The van der Waals surface area contributed by atoms with Crippen molar-refractivity contribution in [1.82, 2.24) is 15.2 Å². The first-order valence-corrected chi connectivity index (χ1v) is 13.6. The van der Waals surface area contributed by atoms with Gasteiger partial charge in [0, 0.05) is 22.0 Å². The van der Waals surface area contributed by atoms with Gasteiger partial charge in [0.1, 0.15) is 11.8 Å². The van der Waals surface area contributed by atoms with E-state index in [4.69, 9.17) is 7.98 Å². The van der Waals surface area contributed by atoms with Crippen LogP contribution in [0.25, 0.3) is 0 Å². The molecule has 0 bridgehead atoms. The second-order valence-corrected chi connectivity index (χ2v) is 11.1. The molecule has 3 heterocycles. The van der Waals surface area contributed by atoms with Crippen LogP contribution in [-0.2, 0) is 16.1 Å². The smallest absolute Gasteiger partial charge is 0.264 e. The lowest BCUT2D eigenvalue weighted by molar-refractivity contribution is -0.136. The summed E-state index contributed by atoms with van der Waals surface area (Å²) in [7, 11) is 0. The lowest BCUT2D eigenvalue weighted by Gasteiger charge is -2.27. The number of benzene rings is 1. The number of piperidine rings is 1. The highest BCUT2D eigenvalue weighted by molar-refractivity contribution is 14.1. The van der Waals surface area contributed by atoms with Gasteiger partial charge in [-0.1, -0.05) is 6.07 Å². The summed E-state index contributed by atoms with van der Waals surface area (Å²) in [6.07, 6.45) is 5.99. The van der Waals surface area contributed by atoms with Crippen LogP contribution in [-0.4, -0.2) is 43.5 Å². The molecule has 10 nitrogen and oxygen atoms in total. The van der Waals surface area contributed by atoms with Gasteiger partial charge in [-0.25, -0.2) is 4.98 Å². The van der Waals surface area contributed by atoms with Gasteiger partial charge in [0.25, 0.3) is 11.8 Å². The van der Waals surface area contributed by atoms with Gasteiger partial charge in [-0.3, -0.25) is 33.0 Å². The zero-order chi connectivity index (χ0) is 23.8. The number of nitrogens with zero attached hydrogens (tertiary/aromatic N) is 2. The number of imide groups is 2. The molecule has 1 saturated carbocycles. The van der Waals surface area contributed by atoms with Crippen LogP contribution in [0, 0.1) is 3.56 Å². The molecule has 1 aromatic carbocycles. The van der Waals surface area contributed by atoms with Crippen LogP contribution in [0.1, 0.15) is 76.8 Å². The van der Waals surface area contributed by atoms with Gasteiger partial charge >= 0.3 is 0 Å². The van der Waals surface area contributed by atoms with Crippen molar-refractivity contribution in [2.24, 2.45) is 0 Å². The Hall–Kier alpha value is -2.96. The maximum atomic E-state index is 13.2. The Morgan fingerprint density at radius 2 is 1.91 bits per heavy atom. The lowest BCUT2D eigenvalue weighted by Crippen LogP contribution is -2.54. The van der Waals surface area contributed by atoms with E-state index in [1.165, 1.54) is 0 Å². The van der Waals surface area contributed by atoms with E-state index in [1.807, 2.05) is 0 Å². The van der Waals surface area contributed by atoms with Crippen LogP contribution in [0.4, 0.5) is 5.69 Å². The molecule has 2 aromatic rings. The van der Waals surface area contributed by atoms with Crippen LogP contribution in [0.3, 0.4) is 0 Å². The predicted octanol–water partition coefficient (Wildman–Crippen LogP) is 3.45.